The fourth-order valence-corrected chi connectivity index (χ4v) is 1.25. The SMILES string of the molecule is CCC(OC)(OC)C(O)(OC)OC. The Balaban J connectivity index is 4.87. The summed E-state index contributed by atoms with van der Waals surface area (Å²) in [6.07, 6.45) is 0.387. The Morgan fingerprint density at radius 3 is 1.38 bits per heavy atom. The molecule has 0 rings (SSSR count). The average molecular weight is 194 g/mol. The zero-order valence-corrected chi connectivity index (χ0v) is 8.79. The number of hydrogen-bond acceptors (Lipinski definition) is 5. The largest absolute Gasteiger partial charge is 0.347 e. The molecule has 13 heavy (non-hydrogen) atoms. The Bertz CT molecular complexity index is 131. The van der Waals surface area contributed by atoms with E-state index in [1.165, 1.54) is 28.4 Å². The van der Waals surface area contributed by atoms with E-state index in [2.05, 4.69) is 0 Å². The Morgan fingerprint density at radius 1 is 0.923 bits per heavy atom. The highest BCUT2D eigenvalue weighted by atomic mass is 16.9. The van der Waals surface area contributed by atoms with Crippen LogP contribution in [0.5, 0.6) is 0 Å². The van der Waals surface area contributed by atoms with Crippen molar-refractivity contribution in [3.05, 3.63) is 0 Å². The first-order valence-electron chi connectivity index (χ1n) is 3.98. The fourth-order valence-electron chi connectivity index (χ4n) is 1.25. The number of ether oxygens (including phenoxy) is 4. The Hall–Kier alpha value is -0.200. The first-order chi connectivity index (χ1) is 6.05. The van der Waals surface area contributed by atoms with Gasteiger partial charge in [0.05, 0.1) is 0 Å². The van der Waals surface area contributed by atoms with E-state index in [0.717, 1.165) is 0 Å². The van der Waals surface area contributed by atoms with Gasteiger partial charge in [-0.2, -0.15) is 0 Å². The smallest absolute Gasteiger partial charge is 0.337 e. The average Bonchev–Trinajstić information content (AvgIpc) is 2.20. The van der Waals surface area contributed by atoms with E-state index < -0.39 is 11.8 Å². The molecule has 0 aliphatic rings. The van der Waals surface area contributed by atoms with Gasteiger partial charge in [0, 0.05) is 34.9 Å². The van der Waals surface area contributed by atoms with Crippen molar-refractivity contribution in [2.75, 3.05) is 28.4 Å². The molecular weight excluding hydrogens is 176 g/mol. The molecule has 5 heteroatoms. The van der Waals surface area contributed by atoms with E-state index in [1.54, 1.807) is 6.92 Å². The molecular formula is C8H18O5. The molecule has 0 fully saturated rings. The summed E-state index contributed by atoms with van der Waals surface area (Å²) in [5.74, 6) is -3.21. The topological polar surface area (TPSA) is 57.2 Å². The van der Waals surface area contributed by atoms with Gasteiger partial charge in [0.2, 0.25) is 0 Å². The Morgan fingerprint density at radius 2 is 1.31 bits per heavy atom. The molecule has 0 saturated carbocycles. The molecule has 0 spiro atoms. The van der Waals surface area contributed by atoms with E-state index in [4.69, 9.17) is 18.9 Å². The molecule has 0 aliphatic carbocycles. The quantitative estimate of drug-likeness (QED) is 0.617. The van der Waals surface area contributed by atoms with Crippen molar-refractivity contribution in [2.45, 2.75) is 25.1 Å². The minimum absolute atomic E-state index is 0.387. The lowest BCUT2D eigenvalue weighted by atomic mass is 10.1. The monoisotopic (exact) mass is 194 g/mol. The third-order valence-electron chi connectivity index (χ3n) is 2.16. The molecule has 80 valence electrons. The van der Waals surface area contributed by atoms with Gasteiger partial charge >= 0.3 is 5.97 Å². The third-order valence-corrected chi connectivity index (χ3v) is 2.16. The van der Waals surface area contributed by atoms with E-state index >= 15 is 0 Å². The minimum Gasteiger partial charge on any atom is -0.347 e. The molecule has 0 aromatic rings. The van der Waals surface area contributed by atoms with Crippen LogP contribution < -0.4 is 0 Å². The van der Waals surface area contributed by atoms with Crippen molar-refractivity contribution >= 4 is 0 Å². The van der Waals surface area contributed by atoms with Crippen molar-refractivity contribution in [2.24, 2.45) is 0 Å². The van der Waals surface area contributed by atoms with Crippen LogP contribution in [0.1, 0.15) is 13.3 Å². The van der Waals surface area contributed by atoms with Gasteiger partial charge in [-0.1, -0.05) is 6.92 Å². The Labute approximate surface area is 78.5 Å². The lowest BCUT2D eigenvalue weighted by Crippen LogP contribution is -2.59. The van der Waals surface area contributed by atoms with Gasteiger partial charge in [0.25, 0.3) is 5.79 Å². The molecule has 0 atom stereocenters. The fraction of sp³-hybridized carbons (Fsp3) is 1.00. The highest BCUT2D eigenvalue weighted by Gasteiger charge is 2.53. The van der Waals surface area contributed by atoms with Crippen LogP contribution in [-0.2, 0) is 18.9 Å². The van der Waals surface area contributed by atoms with Crippen LogP contribution in [0.2, 0.25) is 0 Å². The van der Waals surface area contributed by atoms with Gasteiger partial charge in [0.1, 0.15) is 0 Å². The molecule has 0 bridgehead atoms. The van der Waals surface area contributed by atoms with Crippen molar-refractivity contribution in [1.82, 2.24) is 0 Å². The van der Waals surface area contributed by atoms with E-state index in [-0.39, 0.29) is 0 Å². The molecule has 0 heterocycles. The number of hydrogen-bond donors (Lipinski definition) is 1. The first-order valence-corrected chi connectivity index (χ1v) is 3.98. The summed E-state index contributed by atoms with van der Waals surface area (Å²) in [5.41, 5.74) is 0. The summed E-state index contributed by atoms with van der Waals surface area (Å²) in [5, 5.41) is 9.84. The molecule has 0 radical (unpaired) electrons. The first kappa shape index (κ1) is 12.8. The minimum atomic E-state index is -1.90. The zero-order valence-electron chi connectivity index (χ0n) is 8.79. The van der Waals surface area contributed by atoms with Crippen LogP contribution in [0.25, 0.3) is 0 Å². The second-order valence-corrected chi connectivity index (χ2v) is 2.50. The van der Waals surface area contributed by atoms with Crippen LogP contribution in [-0.4, -0.2) is 45.3 Å². The zero-order chi connectivity index (χ0) is 10.5. The lowest BCUT2D eigenvalue weighted by molar-refractivity contribution is -0.469. The van der Waals surface area contributed by atoms with Gasteiger partial charge < -0.3 is 24.1 Å². The molecule has 0 saturated heterocycles. The molecule has 0 aromatic carbocycles. The van der Waals surface area contributed by atoms with Crippen LogP contribution in [0.4, 0.5) is 0 Å². The molecule has 0 amide bonds. The molecule has 0 unspecified atom stereocenters. The second kappa shape index (κ2) is 4.88. The van der Waals surface area contributed by atoms with Crippen LogP contribution >= 0.6 is 0 Å². The molecule has 0 aliphatic heterocycles. The predicted molar refractivity (Wildman–Crippen MR) is 46.0 cm³/mol. The summed E-state index contributed by atoms with van der Waals surface area (Å²) < 4.78 is 19.7. The predicted octanol–water partition coefficient (Wildman–Crippen LogP) is 0.324. The summed E-state index contributed by atoms with van der Waals surface area (Å²) in [6.45, 7) is 1.79. The van der Waals surface area contributed by atoms with E-state index in [1.807, 2.05) is 0 Å². The standard InChI is InChI=1S/C8H18O5/c1-6-7(10-2,11-3)8(9,12-4)13-5/h9H,6H2,1-5H3. The second-order valence-electron chi connectivity index (χ2n) is 2.50. The maximum atomic E-state index is 9.84. The summed E-state index contributed by atoms with van der Waals surface area (Å²) >= 11 is 0. The third kappa shape index (κ3) is 2.00. The lowest BCUT2D eigenvalue weighted by Gasteiger charge is -2.40. The Kier molecular flexibility index (Phi) is 4.80. The van der Waals surface area contributed by atoms with Gasteiger partial charge in [-0.25, -0.2) is 0 Å². The van der Waals surface area contributed by atoms with Crippen LogP contribution in [0.15, 0.2) is 0 Å². The maximum Gasteiger partial charge on any atom is 0.337 e. The molecule has 5 nitrogen and oxygen atoms in total. The van der Waals surface area contributed by atoms with Crippen molar-refractivity contribution in [1.29, 1.82) is 0 Å². The van der Waals surface area contributed by atoms with Gasteiger partial charge in [-0.15, -0.1) is 0 Å². The normalized spacial score (nSPS) is 13.4. The van der Waals surface area contributed by atoms with Crippen molar-refractivity contribution in [3.63, 3.8) is 0 Å². The number of rotatable bonds is 6. The van der Waals surface area contributed by atoms with Crippen LogP contribution in [0, 0.1) is 0 Å². The van der Waals surface area contributed by atoms with Gasteiger partial charge in [-0.3, -0.25) is 0 Å². The number of aliphatic hydroxyl groups is 1. The van der Waals surface area contributed by atoms with Gasteiger partial charge in [0.15, 0.2) is 0 Å². The van der Waals surface area contributed by atoms with E-state index in [9.17, 15) is 5.11 Å². The number of methoxy groups -OCH3 is 4. The highest BCUT2D eigenvalue weighted by Crippen LogP contribution is 2.31. The van der Waals surface area contributed by atoms with Gasteiger partial charge in [-0.05, 0) is 0 Å². The molecule has 0 aromatic heterocycles. The molecule has 1 N–H and O–H groups in total. The van der Waals surface area contributed by atoms with Crippen molar-refractivity contribution in [3.8, 4) is 0 Å². The summed E-state index contributed by atoms with van der Waals surface area (Å²) in [6, 6.07) is 0. The summed E-state index contributed by atoms with van der Waals surface area (Å²) in [7, 11) is 5.45. The highest BCUT2D eigenvalue weighted by molar-refractivity contribution is 4.77. The summed E-state index contributed by atoms with van der Waals surface area (Å²) in [4.78, 5) is 0. The van der Waals surface area contributed by atoms with E-state index in [0.29, 0.717) is 6.42 Å². The van der Waals surface area contributed by atoms with Crippen LogP contribution in [0.3, 0.4) is 0 Å². The maximum absolute atomic E-state index is 9.84. The van der Waals surface area contributed by atoms with Crippen molar-refractivity contribution < 1.29 is 24.1 Å².